The summed E-state index contributed by atoms with van der Waals surface area (Å²) in [5.41, 5.74) is 10.0. The van der Waals surface area contributed by atoms with E-state index in [1.54, 1.807) is 0 Å². The molecular formula is C18H23IN6O. The van der Waals surface area contributed by atoms with Crippen LogP contribution in [0.1, 0.15) is 34.5 Å². The first-order valence-electron chi connectivity index (χ1n) is 8.46. The number of aryl methyl sites for hydroxylation is 1. The number of nitrogens with two attached hydrogens (primary N) is 1. The summed E-state index contributed by atoms with van der Waals surface area (Å²) < 4.78 is 0. The van der Waals surface area contributed by atoms with Crippen LogP contribution in [-0.4, -0.2) is 34.9 Å². The molecule has 4 N–H and O–H groups in total. The zero-order valence-corrected chi connectivity index (χ0v) is 16.8. The van der Waals surface area contributed by atoms with Gasteiger partial charge in [-0.25, -0.2) is 4.98 Å². The van der Waals surface area contributed by atoms with Gasteiger partial charge >= 0.3 is 0 Å². The molecule has 1 aliphatic rings. The Morgan fingerprint density at radius 2 is 2.08 bits per heavy atom. The van der Waals surface area contributed by atoms with Crippen LogP contribution >= 0.6 is 24.0 Å². The summed E-state index contributed by atoms with van der Waals surface area (Å²) in [7, 11) is 0. The molecule has 1 heterocycles. The van der Waals surface area contributed by atoms with E-state index in [1.807, 2.05) is 12.1 Å². The molecule has 0 atom stereocenters. The number of guanidine groups is 1. The zero-order chi connectivity index (χ0) is 17.5. The second-order valence-corrected chi connectivity index (χ2v) is 5.89. The minimum absolute atomic E-state index is 0. The average molecular weight is 466 g/mol. The Labute approximate surface area is 169 Å². The van der Waals surface area contributed by atoms with Crippen molar-refractivity contribution in [3.05, 3.63) is 53.6 Å². The van der Waals surface area contributed by atoms with Crippen LogP contribution in [0.2, 0.25) is 0 Å². The van der Waals surface area contributed by atoms with E-state index >= 15 is 0 Å². The van der Waals surface area contributed by atoms with Crippen LogP contribution in [0.3, 0.4) is 0 Å². The van der Waals surface area contributed by atoms with Crippen LogP contribution in [0.5, 0.6) is 0 Å². The van der Waals surface area contributed by atoms with Gasteiger partial charge in [0.1, 0.15) is 5.69 Å². The molecule has 8 heteroatoms. The highest BCUT2D eigenvalue weighted by Crippen LogP contribution is 2.27. The Morgan fingerprint density at radius 1 is 1.23 bits per heavy atom. The summed E-state index contributed by atoms with van der Waals surface area (Å²) >= 11 is 0. The van der Waals surface area contributed by atoms with E-state index in [1.165, 1.54) is 42.6 Å². The first-order chi connectivity index (χ1) is 12.2. The lowest BCUT2D eigenvalue weighted by atomic mass is 9.90. The molecule has 0 saturated carbocycles. The van der Waals surface area contributed by atoms with E-state index in [0.29, 0.717) is 19.0 Å². The summed E-state index contributed by atoms with van der Waals surface area (Å²) in [4.78, 5) is 23.9. The van der Waals surface area contributed by atoms with Gasteiger partial charge < -0.3 is 16.4 Å². The second kappa shape index (κ2) is 10.0. The highest BCUT2D eigenvalue weighted by molar-refractivity contribution is 14.0. The van der Waals surface area contributed by atoms with Crippen molar-refractivity contribution < 1.29 is 4.79 Å². The lowest BCUT2D eigenvalue weighted by molar-refractivity contribution is 0.0949. The van der Waals surface area contributed by atoms with Crippen LogP contribution in [0.4, 0.5) is 5.69 Å². The number of nitrogens with one attached hydrogen (secondary N) is 2. The molecule has 1 aromatic heterocycles. The zero-order valence-electron chi connectivity index (χ0n) is 14.4. The number of carbonyl (C=O) groups is 1. The first kappa shape index (κ1) is 20.1. The maximum atomic E-state index is 11.8. The van der Waals surface area contributed by atoms with Crippen molar-refractivity contribution in [2.45, 2.75) is 25.7 Å². The van der Waals surface area contributed by atoms with E-state index in [2.05, 4.69) is 31.7 Å². The van der Waals surface area contributed by atoms with Crippen LogP contribution in [-0.2, 0) is 12.8 Å². The monoisotopic (exact) mass is 466 g/mol. The van der Waals surface area contributed by atoms with Crippen molar-refractivity contribution in [1.82, 2.24) is 15.3 Å². The maximum Gasteiger partial charge on any atom is 0.271 e. The number of benzene rings is 1. The third-order valence-electron chi connectivity index (χ3n) is 4.13. The molecule has 1 aromatic carbocycles. The molecule has 2 aromatic rings. The lowest BCUT2D eigenvalue weighted by Crippen LogP contribution is -2.29. The van der Waals surface area contributed by atoms with E-state index < -0.39 is 0 Å². The van der Waals surface area contributed by atoms with Crippen molar-refractivity contribution in [1.29, 1.82) is 0 Å². The minimum atomic E-state index is -0.271. The summed E-state index contributed by atoms with van der Waals surface area (Å²) in [5, 5.41) is 5.92. The van der Waals surface area contributed by atoms with Crippen molar-refractivity contribution >= 4 is 41.5 Å². The highest BCUT2D eigenvalue weighted by atomic mass is 127. The molecule has 0 saturated heterocycles. The molecule has 0 bridgehead atoms. The molecule has 26 heavy (non-hydrogen) atoms. The van der Waals surface area contributed by atoms with Gasteiger partial charge in [0, 0.05) is 24.6 Å². The number of halogens is 1. The molecular weight excluding hydrogens is 443 g/mol. The van der Waals surface area contributed by atoms with E-state index in [4.69, 9.17) is 5.73 Å². The van der Waals surface area contributed by atoms with Crippen LogP contribution in [0.25, 0.3) is 0 Å². The third-order valence-corrected chi connectivity index (χ3v) is 4.13. The summed E-state index contributed by atoms with van der Waals surface area (Å²) in [6, 6.07) is 6.25. The number of hydrogen-bond donors (Lipinski definition) is 3. The quantitative estimate of drug-likeness (QED) is 0.271. The van der Waals surface area contributed by atoms with Crippen molar-refractivity contribution in [2.75, 3.05) is 18.4 Å². The number of fused-ring (bicyclic) bond motifs is 1. The van der Waals surface area contributed by atoms with Crippen LogP contribution in [0.15, 0.2) is 41.8 Å². The Bertz CT molecular complexity index is 766. The Morgan fingerprint density at radius 3 is 2.88 bits per heavy atom. The van der Waals surface area contributed by atoms with Crippen LogP contribution in [0, 0.1) is 0 Å². The van der Waals surface area contributed by atoms with Gasteiger partial charge in [0.05, 0.1) is 12.7 Å². The molecule has 1 aliphatic carbocycles. The summed E-state index contributed by atoms with van der Waals surface area (Å²) in [6.45, 7) is 0.768. The molecule has 0 fully saturated rings. The summed E-state index contributed by atoms with van der Waals surface area (Å²) in [5.74, 6) is 0.0830. The van der Waals surface area contributed by atoms with E-state index in [0.717, 1.165) is 18.5 Å². The smallest absolute Gasteiger partial charge is 0.271 e. The number of rotatable bonds is 5. The van der Waals surface area contributed by atoms with Gasteiger partial charge in [0.15, 0.2) is 5.96 Å². The van der Waals surface area contributed by atoms with Gasteiger partial charge in [-0.2, -0.15) is 0 Å². The second-order valence-electron chi connectivity index (χ2n) is 5.89. The molecule has 138 valence electrons. The number of aromatic nitrogens is 2. The number of hydrogen-bond acceptors (Lipinski definition) is 4. The third kappa shape index (κ3) is 5.38. The molecule has 0 unspecified atom stereocenters. The van der Waals surface area contributed by atoms with Gasteiger partial charge in [-0.3, -0.25) is 14.8 Å². The largest absolute Gasteiger partial charge is 0.370 e. The van der Waals surface area contributed by atoms with E-state index in [-0.39, 0.29) is 35.6 Å². The number of carbonyl (C=O) groups excluding carboxylic acids is 1. The lowest BCUT2D eigenvalue weighted by Gasteiger charge is -2.19. The Balaban J connectivity index is 0.00000243. The fraction of sp³-hybridized carbons (Fsp3) is 0.333. The fourth-order valence-electron chi connectivity index (χ4n) is 2.93. The predicted molar refractivity (Wildman–Crippen MR) is 113 cm³/mol. The van der Waals surface area contributed by atoms with Gasteiger partial charge in [-0.15, -0.1) is 24.0 Å². The van der Waals surface area contributed by atoms with Gasteiger partial charge in [-0.1, -0.05) is 12.1 Å². The average Bonchev–Trinajstić information content (AvgIpc) is 2.66. The molecule has 7 nitrogen and oxygen atoms in total. The summed E-state index contributed by atoms with van der Waals surface area (Å²) in [6.07, 6.45) is 9.07. The maximum absolute atomic E-state index is 11.8. The van der Waals surface area contributed by atoms with Crippen molar-refractivity contribution in [2.24, 2.45) is 10.7 Å². The van der Waals surface area contributed by atoms with Crippen molar-refractivity contribution in [3.8, 4) is 0 Å². The SMILES string of the molecule is I.NC(=NCCNC(=O)c1cnccn1)Nc1cccc2c1CCCC2. The van der Waals surface area contributed by atoms with Gasteiger partial charge in [-0.05, 0) is 42.9 Å². The van der Waals surface area contributed by atoms with Crippen LogP contribution < -0.4 is 16.4 Å². The molecule has 0 spiro atoms. The number of nitrogens with zero attached hydrogens (tertiary/aromatic N) is 3. The minimum Gasteiger partial charge on any atom is -0.370 e. The topological polar surface area (TPSA) is 105 Å². The number of amides is 1. The van der Waals surface area contributed by atoms with Gasteiger partial charge in [0.2, 0.25) is 0 Å². The van der Waals surface area contributed by atoms with Gasteiger partial charge in [0.25, 0.3) is 5.91 Å². The van der Waals surface area contributed by atoms with Crippen molar-refractivity contribution in [3.63, 3.8) is 0 Å². The number of anilines is 1. The normalized spacial score (nSPS) is 13.3. The number of aliphatic imine (C=N–C) groups is 1. The molecule has 0 radical (unpaired) electrons. The fourth-order valence-corrected chi connectivity index (χ4v) is 2.93. The standard InChI is InChI=1S/C18H22N6O.HI/c19-18(23-11-10-22-17(25)16-12-20-8-9-21-16)24-15-7-3-5-13-4-1-2-6-14(13)15;/h3,5,7-9,12H,1-2,4,6,10-11H2,(H,22,25)(H3,19,23,24);1H. The molecule has 1 amide bonds. The highest BCUT2D eigenvalue weighted by Gasteiger charge is 2.13. The predicted octanol–water partition coefficient (Wildman–Crippen LogP) is 2.13. The van der Waals surface area contributed by atoms with E-state index in [9.17, 15) is 4.79 Å². The Hall–Kier alpha value is -2.23. The Kier molecular flexibility index (Phi) is 7.76. The first-order valence-corrected chi connectivity index (χ1v) is 8.46. The molecule has 0 aliphatic heterocycles. The molecule has 3 rings (SSSR count).